The highest BCUT2D eigenvalue weighted by atomic mass is 16.5. The van der Waals surface area contributed by atoms with Crippen molar-refractivity contribution in [3.63, 3.8) is 0 Å². The van der Waals surface area contributed by atoms with Crippen LogP contribution in [0.15, 0.2) is 30.5 Å². The molecule has 24 heavy (non-hydrogen) atoms. The van der Waals surface area contributed by atoms with Crippen LogP contribution in [0.4, 0.5) is 28.7 Å². The number of carbonyl (C=O) groups is 1. The van der Waals surface area contributed by atoms with Gasteiger partial charge in [-0.05, 0) is 18.2 Å². The van der Waals surface area contributed by atoms with E-state index in [4.69, 9.17) is 16.2 Å². The fourth-order valence-corrected chi connectivity index (χ4v) is 2.57. The van der Waals surface area contributed by atoms with Gasteiger partial charge in [-0.3, -0.25) is 4.79 Å². The third kappa shape index (κ3) is 2.14. The summed E-state index contributed by atoms with van der Waals surface area (Å²) in [6.45, 7) is 0.0466. The Labute approximate surface area is 136 Å². The monoisotopic (exact) mass is 325 g/mol. The zero-order chi connectivity index (χ0) is 16.8. The summed E-state index contributed by atoms with van der Waals surface area (Å²) in [6, 6.07) is 7.12. The maximum atomic E-state index is 11.8. The normalized spacial score (nSPS) is 13.7. The quantitative estimate of drug-likeness (QED) is 0.642. The molecule has 1 aliphatic rings. The highest BCUT2D eigenvalue weighted by Crippen LogP contribution is 2.34. The minimum atomic E-state index is -0.102. The number of nitrogens with one attached hydrogen (secondary N) is 1. The summed E-state index contributed by atoms with van der Waals surface area (Å²) < 4.78 is 6.88. The molecule has 0 bridgehead atoms. The van der Waals surface area contributed by atoms with E-state index in [0.29, 0.717) is 34.4 Å². The van der Waals surface area contributed by atoms with E-state index in [1.807, 2.05) is 12.1 Å². The number of fused-ring (bicyclic) bond motifs is 2. The van der Waals surface area contributed by atoms with E-state index in [9.17, 15) is 4.79 Å². The number of hydrogen-bond donors (Lipinski definition) is 3. The van der Waals surface area contributed by atoms with Gasteiger partial charge in [0.15, 0.2) is 18.1 Å². The second kappa shape index (κ2) is 5.01. The number of anilines is 5. The van der Waals surface area contributed by atoms with Crippen LogP contribution in [-0.4, -0.2) is 34.2 Å². The minimum absolute atomic E-state index is 0.0466. The fraction of sp³-hybridized carbons (Fsp3) is 0.133. The molecule has 0 unspecified atom stereocenters. The van der Waals surface area contributed by atoms with Crippen LogP contribution in [0.25, 0.3) is 5.65 Å². The van der Waals surface area contributed by atoms with Crippen molar-refractivity contribution in [1.29, 1.82) is 0 Å². The summed E-state index contributed by atoms with van der Waals surface area (Å²) in [5.41, 5.74) is 14.2. The molecule has 4 rings (SSSR count). The smallest absolute Gasteiger partial charge is 0.264 e. The number of amides is 1. The lowest BCUT2D eigenvalue weighted by Crippen LogP contribution is -2.35. The Hall–Kier alpha value is -3.49. The molecule has 1 amide bonds. The lowest BCUT2D eigenvalue weighted by molar-refractivity contribution is -0.120. The first-order valence-corrected chi connectivity index (χ1v) is 7.23. The first-order chi connectivity index (χ1) is 11.5. The molecule has 1 aliphatic heterocycles. The van der Waals surface area contributed by atoms with Gasteiger partial charge >= 0.3 is 0 Å². The van der Waals surface area contributed by atoms with E-state index in [1.165, 1.54) is 10.7 Å². The molecular weight excluding hydrogens is 310 g/mol. The molecule has 5 N–H and O–H groups in total. The maximum Gasteiger partial charge on any atom is 0.264 e. The number of rotatable bonds is 2. The van der Waals surface area contributed by atoms with Crippen molar-refractivity contribution >= 4 is 40.3 Å². The number of imidazole rings is 1. The van der Waals surface area contributed by atoms with Crippen LogP contribution in [0.2, 0.25) is 0 Å². The molecule has 0 fully saturated rings. The largest absolute Gasteiger partial charge is 0.482 e. The summed E-state index contributed by atoms with van der Waals surface area (Å²) in [5.74, 6) is 1.46. The molecule has 2 aromatic heterocycles. The molecule has 0 aliphatic carbocycles. The molecule has 0 atom stereocenters. The summed E-state index contributed by atoms with van der Waals surface area (Å²) in [5, 5.41) is 7.51. The van der Waals surface area contributed by atoms with Crippen molar-refractivity contribution in [2.75, 3.05) is 35.3 Å². The maximum absolute atomic E-state index is 11.8. The number of benzene rings is 1. The summed E-state index contributed by atoms with van der Waals surface area (Å²) in [7, 11) is 1.71. The van der Waals surface area contributed by atoms with Crippen molar-refractivity contribution in [2.45, 2.75) is 0 Å². The summed E-state index contributed by atoms with van der Waals surface area (Å²) in [6.07, 6.45) is 1.50. The van der Waals surface area contributed by atoms with E-state index >= 15 is 0 Å². The Morgan fingerprint density at radius 3 is 2.96 bits per heavy atom. The van der Waals surface area contributed by atoms with Crippen LogP contribution >= 0.6 is 0 Å². The Morgan fingerprint density at radius 1 is 1.29 bits per heavy atom. The molecule has 3 heterocycles. The second-order valence-corrected chi connectivity index (χ2v) is 5.45. The van der Waals surface area contributed by atoms with Crippen LogP contribution in [0.3, 0.4) is 0 Å². The van der Waals surface area contributed by atoms with E-state index in [2.05, 4.69) is 15.4 Å². The number of carbonyl (C=O) groups excluding carboxylic acids is 1. The van der Waals surface area contributed by atoms with Gasteiger partial charge in [0.2, 0.25) is 0 Å². The average molecular weight is 325 g/mol. The number of aromatic nitrogens is 3. The standard InChI is InChI=1S/C15H15N7O2/c1-21-10-4-8(2-3-11(10)24-7-14(21)23)19-13-5-9(16)15-18-6-12(17)22(15)20-13/h2-6H,7,16-17H2,1H3,(H,19,20). The lowest BCUT2D eigenvalue weighted by Gasteiger charge is -2.26. The molecule has 0 saturated heterocycles. The predicted octanol–water partition coefficient (Wildman–Crippen LogP) is 0.992. The molecule has 122 valence electrons. The third-order valence-corrected chi connectivity index (χ3v) is 3.84. The summed E-state index contributed by atoms with van der Waals surface area (Å²) >= 11 is 0. The van der Waals surface area contributed by atoms with Crippen molar-refractivity contribution in [3.05, 3.63) is 30.5 Å². The minimum Gasteiger partial charge on any atom is -0.482 e. The van der Waals surface area contributed by atoms with Gasteiger partial charge < -0.3 is 26.4 Å². The first-order valence-electron chi connectivity index (χ1n) is 7.23. The predicted molar refractivity (Wildman–Crippen MR) is 90.4 cm³/mol. The van der Waals surface area contributed by atoms with Crippen LogP contribution in [0, 0.1) is 0 Å². The third-order valence-electron chi connectivity index (χ3n) is 3.84. The molecule has 0 saturated carbocycles. The van der Waals surface area contributed by atoms with Gasteiger partial charge in [0.25, 0.3) is 5.91 Å². The van der Waals surface area contributed by atoms with Gasteiger partial charge in [0.1, 0.15) is 11.6 Å². The van der Waals surface area contributed by atoms with Crippen LogP contribution in [-0.2, 0) is 4.79 Å². The van der Waals surface area contributed by atoms with Gasteiger partial charge in [-0.2, -0.15) is 4.52 Å². The van der Waals surface area contributed by atoms with Crippen LogP contribution < -0.4 is 26.4 Å². The van der Waals surface area contributed by atoms with Crippen LogP contribution in [0.1, 0.15) is 0 Å². The number of ether oxygens (including phenoxy) is 1. The lowest BCUT2D eigenvalue weighted by atomic mass is 10.2. The molecule has 0 spiro atoms. The SMILES string of the molecule is CN1C(=O)COc2ccc(Nc3cc(N)c4ncc(N)n4n3)cc21. The number of nitrogen functional groups attached to an aromatic ring is 2. The zero-order valence-electron chi connectivity index (χ0n) is 12.9. The Bertz CT molecular complexity index is 966. The average Bonchev–Trinajstić information content (AvgIpc) is 2.93. The molecule has 1 aromatic carbocycles. The van der Waals surface area contributed by atoms with Crippen LogP contribution in [0.5, 0.6) is 5.75 Å². The van der Waals surface area contributed by atoms with E-state index < -0.39 is 0 Å². The topological polar surface area (TPSA) is 124 Å². The number of likely N-dealkylation sites (N-methyl/N-ethyl adjacent to an activating group) is 1. The van der Waals surface area contributed by atoms with Gasteiger partial charge in [-0.15, -0.1) is 5.10 Å². The molecule has 9 nitrogen and oxygen atoms in total. The van der Waals surface area contributed by atoms with Gasteiger partial charge in [0, 0.05) is 18.8 Å². The second-order valence-electron chi connectivity index (χ2n) is 5.45. The molecule has 9 heteroatoms. The zero-order valence-corrected chi connectivity index (χ0v) is 12.9. The van der Waals surface area contributed by atoms with Crippen molar-refractivity contribution in [2.24, 2.45) is 0 Å². The molecular formula is C15H15N7O2. The highest BCUT2D eigenvalue weighted by Gasteiger charge is 2.22. The Kier molecular flexibility index (Phi) is 2.95. The van der Waals surface area contributed by atoms with E-state index in [-0.39, 0.29) is 12.5 Å². The Balaban J connectivity index is 1.71. The highest BCUT2D eigenvalue weighted by molar-refractivity contribution is 5.98. The van der Waals surface area contributed by atoms with Gasteiger partial charge in [-0.1, -0.05) is 0 Å². The summed E-state index contributed by atoms with van der Waals surface area (Å²) in [4.78, 5) is 17.4. The van der Waals surface area contributed by atoms with Crippen molar-refractivity contribution in [3.8, 4) is 5.75 Å². The molecule has 3 aromatic rings. The number of nitrogens with zero attached hydrogens (tertiary/aromatic N) is 4. The van der Waals surface area contributed by atoms with E-state index in [1.54, 1.807) is 24.1 Å². The van der Waals surface area contributed by atoms with Gasteiger partial charge in [0.05, 0.1) is 17.6 Å². The fourth-order valence-electron chi connectivity index (χ4n) is 2.57. The molecule has 0 radical (unpaired) electrons. The van der Waals surface area contributed by atoms with Gasteiger partial charge in [-0.25, -0.2) is 4.98 Å². The number of hydrogen-bond acceptors (Lipinski definition) is 7. The Morgan fingerprint density at radius 2 is 2.12 bits per heavy atom. The van der Waals surface area contributed by atoms with Crippen molar-refractivity contribution in [1.82, 2.24) is 14.6 Å². The van der Waals surface area contributed by atoms with E-state index in [0.717, 1.165) is 5.69 Å². The number of nitrogens with two attached hydrogens (primary N) is 2. The van der Waals surface area contributed by atoms with Crippen molar-refractivity contribution < 1.29 is 9.53 Å². The first kappa shape index (κ1) is 14.1.